The lowest BCUT2D eigenvalue weighted by Gasteiger charge is -2.26. The summed E-state index contributed by atoms with van der Waals surface area (Å²) in [6, 6.07) is 11.1. The van der Waals surface area contributed by atoms with Gasteiger partial charge in [-0.25, -0.2) is 4.39 Å². The number of carbonyl (C=O) groups excluding carboxylic acids is 1. The van der Waals surface area contributed by atoms with Gasteiger partial charge in [-0.05, 0) is 62.4 Å². The van der Waals surface area contributed by atoms with Gasteiger partial charge in [-0.1, -0.05) is 12.1 Å². The summed E-state index contributed by atoms with van der Waals surface area (Å²) < 4.78 is 16.2. The normalized spacial score (nSPS) is 19.4. The standard InChI is InChI=1S/C23H24FN5O/c1-13-5-10-18(24)16-11-20(27-22(13)16)23(30)28-19-3-2-4-21-17(19)12-26-29(21)15-8-6-14(25)7-9-15/h2-5,10-12,14-15,27H,6-9,25H2,1H3,(H,28,30). The number of carbonyl (C=O) groups is 1. The van der Waals surface area contributed by atoms with E-state index in [9.17, 15) is 9.18 Å². The van der Waals surface area contributed by atoms with Crippen LogP contribution in [0.4, 0.5) is 10.1 Å². The number of anilines is 1. The number of halogens is 1. The highest BCUT2D eigenvalue weighted by Crippen LogP contribution is 2.32. The maximum Gasteiger partial charge on any atom is 0.272 e. The van der Waals surface area contributed by atoms with Crippen molar-refractivity contribution in [3.63, 3.8) is 0 Å². The van der Waals surface area contributed by atoms with E-state index in [2.05, 4.69) is 20.1 Å². The third-order valence-electron chi connectivity index (χ3n) is 6.17. The summed E-state index contributed by atoms with van der Waals surface area (Å²) in [4.78, 5) is 15.9. The molecule has 5 rings (SSSR count). The van der Waals surface area contributed by atoms with Crippen LogP contribution in [0.2, 0.25) is 0 Å². The van der Waals surface area contributed by atoms with Crippen molar-refractivity contribution in [2.75, 3.05) is 5.32 Å². The molecule has 0 radical (unpaired) electrons. The first-order valence-corrected chi connectivity index (χ1v) is 10.3. The first-order valence-electron chi connectivity index (χ1n) is 10.3. The molecule has 154 valence electrons. The maximum absolute atomic E-state index is 14.1. The number of hydrogen-bond donors (Lipinski definition) is 3. The molecular weight excluding hydrogens is 381 g/mol. The Morgan fingerprint density at radius 1 is 1.20 bits per heavy atom. The number of H-pyrrole nitrogens is 1. The van der Waals surface area contributed by atoms with E-state index in [4.69, 9.17) is 5.73 Å². The minimum absolute atomic E-state index is 0.280. The number of amides is 1. The van der Waals surface area contributed by atoms with Gasteiger partial charge >= 0.3 is 0 Å². The van der Waals surface area contributed by atoms with Gasteiger partial charge in [0.1, 0.15) is 11.5 Å². The molecule has 4 aromatic rings. The molecule has 0 saturated heterocycles. The van der Waals surface area contributed by atoms with Crippen LogP contribution >= 0.6 is 0 Å². The highest BCUT2D eigenvalue weighted by molar-refractivity contribution is 6.09. The highest BCUT2D eigenvalue weighted by atomic mass is 19.1. The van der Waals surface area contributed by atoms with Crippen LogP contribution in [0.15, 0.2) is 42.6 Å². The number of fused-ring (bicyclic) bond motifs is 2. The van der Waals surface area contributed by atoms with E-state index in [0.717, 1.165) is 42.1 Å². The summed E-state index contributed by atoms with van der Waals surface area (Å²) in [6.07, 6.45) is 5.81. The Morgan fingerprint density at radius 3 is 2.77 bits per heavy atom. The van der Waals surface area contributed by atoms with Crippen LogP contribution in [0.1, 0.15) is 47.8 Å². The number of aryl methyl sites for hydroxylation is 1. The Bertz CT molecular complexity index is 1210. The molecule has 0 spiro atoms. The Morgan fingerprint density at radius 2 is 2.00 bits per heavy atom. The molecule has 0 atom stereocenters. The number of rotatable bonds is 3. The van der Waals surface area contributed by atoms with Gasteiger partial charge < -0.3 is 16.0 Å². The quantitative estimate of drug-likeness (QED) is 0.463. The molecule has 2 heterocycles. The van der Waals surface area contributed by atoms with Crippen LogP contribution in [0, 0.1) is 12.7 Å². The van der Waals surface area contributed by atoms with Crippen molar-refractivity contribution in [2.45, 2.75) is 44.7 Å². The second-order valence-corrected chi connectivity index (χ2v) is 8.19. The summed E-state index contributed by atoms with van der Waals surface area (Å²) in [5, 5.41) is 8.87. The van der Waals surface area contributed by atoms with Crippen LogP contribution in [0.25, 0.3) is 21.8 Å². The number of nitrogens with one attached hydrogen (secondary N) is 2. The number of benzene rings is 2. The van der Waals surface area contributed by atoms with E-state index in [1.54, 1.807) is 18.3 Å². The second kappa shape index (κ2) is 7.25. The summed E-state index contributed by atoms with van der Waals surface area (Å²) in [6.45, 7) is 1.88. The molecule has 1 saturated carbocycles. The fraction of sp³-hybridized carbons (Fsp3) is 0.304. The molecule has 30 heavy (non-hydrogen) atoms. The Labute approximate surface area is 173 Å². The van der Waals surface area contributed by atoms with Crippen LogP contribution in [0.5, 0.6) is 0 Å². The molecule has 1 amide bonds. The molecule has 2 aromatic heterocycles. The van der Waals surface area contributed by atoms with Crippen molar-refractivity contribution < 1.29 is 9.18 Å². The minimum atomic E-state index is -0.346. The molecule has 0 bridgehead atoms. The van der Waals surface area contributed by atoms with E-state index in [1.165, 1.54) is 6.07 Å². The van der Waals surface area contributed by atoms with Gasteiger partial charge in [0, 0.05) is 16.8 Å². The van der Waals surface area contributed by atoms with Crippen molar-refractivity contribution in [1.82, 2.24) is 14.8 Å². The molecule has 0 aliphatic heterocycles. The molecular formula is C23H24FN5O. The van der Waals surface area contributed by atoms with Crippen molar-refractivity contribution >= 4 is 33.4 Å². The fourth-order valence-corrected chi connectivity index (χ4v) is 4.45. The SMILES string of the molecule is Cc1ccc(F)c2cc(C(=O)Nc3cccc4c3cnn4C3CCC(N)CC3)[nH]c12. The summed E-state index contributed by atoms with van der Waals surface area (Å²) in [5.41, 5.74) is 9.57. The third-order valence-corrected chi connectivity index (χ3v) is 6.17. The second-order valence-electron chi connectivity index (χ2n) is 8.19. The Kier molecular flexibility index (Phi) is 4.55. The van der Waals surface area contributed by atoms with Crippen LogP contribution < -0.4 is 11.1 Å². The van der Waals surface area contributed by atoms with Gasteiger partial charge in [-0.3, -0.25) is 9.48 Å². The summed E-state index contributed by atoms with van der Waals surface area (Å²) in [7, 11) is 0. The monoisotopic (exact) mass is 405 g/mol. The largest absolute Gasteiger partial charge is 0.350 e. The van der Waals surface area contributed by atoms with Crippen molar-refractivity contribution in [3.05, 3.63) is 59.7 Å². The zero-order valence-corrected chi connectivity index (χ0v) is 16.8. The molecule has 0 unspecified atom stereocenters. The lowest BCUT2D eigenvalue weighted by Crippen LogP contribution is -2.28. The van der Waals surface area contributed by atoms with Crippen LogP contribution in [-0.4, -0.2) is 26.7 Å². The first kappa shape index (κ1) is 18.8. The molecule has 7 heteroatoms. The van der Waals surface area contributed by atoms with Gasteiger partial charge in [0.25, 0.3) is 5.91 Å². The Balaban J connectivity index is 1.45. The fourth-order valence-electron chi connectivity index (χ4n) is 4.45. The van der Waals surface area contributed by atoms with E-state index >= 15 is 0 Å². The Hall–Kier alpha value is -3.19. The van der Waals surface area contributed by atoms with Gasteiger partial charge in [0.15, 0.2) is 0 Å². The van der Waals surface area contributed by atoms with E-state index in [0.29, 0.717) is 28.3 Å². The van der Waals surface area contributed by atoms with Gasteiger partial charge in [0.2, 0.25) is 0 Å². The van der Waals surface area contributed by atoms with Crippen molar-refractivity contribution in [2.24, 2.45) is 5.73 Å². The number of nitrogens with two attached hydrogens (primary N) is 1. The average molecular weight is 405 g/mol. The summed E-state index contributed by atoms with van der Waals surface area (Å²) in [5.74, 6) is -0.657. The minimum Gasteiger partial charge on any atom is -0.350 e. The molecule has 4 N–H and O–H groups in total. The van der Waals surface area contributed by atoms with Crippen LogP contribution in [-0.2, 0) is 0 Å². The van der Waals surface area contributed by atoms with Gasteiger partial charge in [-0.2, -0.15) is 5.10 Å². The topological polar surface area (TPSA) is 88.7 Å². The highest BCUT2D eigenvalue weighted by Gasteiger charge is 2.22. The molecule has 2 aromatic carbocycles. The molecule has 1 fully saturated rings. The number of hydrogen-bond acceptors (Lipinski definition) is 3. The van der Waals surface area contributed by atoms with E-state index in [1.807, 2.05) is 25.1 Å². The predicted molar refractivity (Wildman–Crippen MR) is 116 cm³/mol. The smallest absolute Gasteiger partial charge is 0.272 e. The van der Waals surface area contributed by atoms with Crippen molar-refractivity contribution in [1.29, 1.82) is 0 Å². The van der Waals surface area contributed by atoms with Crippen molar-refractivity contribution in [3.8, 4) is 0 Å². The molecule has 1 aliphatic rings. The average Bonchev–Trinajstić information content (AvgIpc) is 3.38. The number of nitrogens with zero attached hydrogens (tertiary/aromatic N) is 2. The third kappa shape index (κ3) is 3.15. The van der Waals surface area contributed by atoms with Crippen LogP contribution in [0.3, 0.4) is 0 Å². The predicted octanol–water partition coefficient (Wildman–Crippen LogP) is 4.66. The molecule has 1 aliphatic carbocycles. The van der Waals surface area contributed by atoms with E-state index in [-0.39, 0.29) is 17.8 Å². The molecule has 6 nitrogen and oxygen atoms in total. The zero-order chi connectivity index (χ0) is 20.8. The summed E-state index contributed by atoms with van der Waals surface area (Å²) >= 11 is 0. The van der Waals surface area contributed by atoms with E-state index < -0.39 is 0 Å². The number of aromatic nitrogens is 3. The lowest BCUT2D eigenvalue weighted by molar-refractivity contribution is 0.102. The first-order chi connectivity index (χ1) is 14.5. The lowest BCUT2D eigenvalue weighted by atomic mass is 9.92. The van der Waals surface area contributed by atoms with Gasteiger partial charge in [0.05, 0.1) is 29.0 Å². The zero-order valence-electron chi connectivity index (χ0n) is 16.8. The maximum atomic E-state index is 14.1. The number of aromatic amines is 1. The van der Waals surface area contributed by atoms with Gasteiger partial charge in [-0.15, -0.1) is 0 Å².